The molecule has 1 saturated carbocycles. The summed E-state index contributed by atoms with van der Waals surface area (Å²) < 4.78 is 39.7. The molecule has 1 aliphatic rings. The predicted molar refractivity (Wildman–Crippen MR) is 64.0 cm³/mol. The standard InChI is InChI=1S/C13H15F3N2O/c14-8-4-9(15)12(10(16)5-8)13(19)18-11-3-1-2-7(11)6-17/h4-5,7,11H,1-3,6,17H2,(H,18,19). The third-order valence-corrected chi connectivity index (χ3v) is 3.51. The number of amides is 1. The minimum atomic E-state index is -1.20. The zero-order valence-corrected chi connectivity index (χ0v) is 10.3. The van der Waals surface area contributed by atoms with Crippen molar-refractivity contribution in [3.63, 3.8) is 0 Å². The Bertz CT molecular complexity index is 470. The number of nitrogens with two attached hydrogens (primary N) is 1. The average molecular weight is 272 g/mol. The number of benzene rings is 1. The van der Waals surface area contributed by atoms with E-state index in [-0.39, 0.29) is 12.0 Å². The maximum Gasteiger partial charge on any atom is 0.257 e. The fourth-order valence-electron chi connectivity index (χ4n) is 2.51. The maximum absolute atomic E-state index is 13.4. The Labute approximate surface area is 109 Å². The second-order valence-electron chi connectivity index (χ2n) is 4.75. The van der Waals surface area contributed by atoms with Crippen LogP contribution in [0.25, 0.3) is 0 Å². The first-order valence-electron chi connectivity index (χ1n) is 6.18. The van der Waals surface area contributed by atoms with E-state index in [1.165, 1.54) is 0 Å². The molecule has 0 heterocycles. The first kappa shape index (κ1) is 13.9. The predicted octanol–water partition coefficient (Wildman–Crippen LogP) is 1.96. The fourth-order valence-corrected chi connectivity index (χ4v) is 2.51. The minimum absolute atomic E-state index is 0.121. The Morgan fingerprint density at radius 2 is 1.89 bits per heavy atom. The number of carbonyl (C=O) groups is 1. The summed E-state index contributed by atoms with van der Waals surface area (Å²) in [6, 6.07) is 0.807. The van der Waals surface area contributed by atoms with Gasteiger partial charge in [0.15, 0.2) is 0 Å². The summed E-state index contributed by atoms with van der Waals surface area (Å²) in [5.74, 6) is -4.18. The molecule has 104 valence electrons. The summed E-state index contributed by atoms with van der Waals surface area (Å²) in [6.07, 6.45) is 2.54. The highest BCUT2D eigenvalue weighted by Crippen LogP contribution is 2.25. The van der Waals surface area contributed by atoms with Crippen molar-refractivity contribution in [3.8, 4) is 0 Å². The van der Waals surface area contributed by atoms with Crippen LogP contribution in [0.5, 0.6) is 0 Å². The van der Waals surface area contributed by atoms with Gasteiger partial charge in [-0.25, -0.2) is 13.2 Å². The van der Waals surface area contributed by atoms with Gasteiger partial charge in [-0.15, -0.1) is 0 Å². The molecule has 0 aliphatic heterocycles. The molecule has 1 fully saturated rings. The van der Waals surface area contributed by atoms with Crippen LogP contribution in [-0.4, -0.2) is 18.5 Å². The monoisotopic (exact) mass is 272 g/mol. The molecule has 0 radical (unpaired) electrons. The highest BCUT2D eigenvalue weighted by molar-refractivity contribution is 5.95. The smallest absolute Gasteiger partial charge is 0.257 e. The highest BCUT2D eigenvalue weighted by atomic mass is 19.1. The zero-order chi connectivity index (χ0) is 14.0. The van der Waals surface area contributed by atoms with E-state index >= 15 is 0 Å². The average Bonchev–Trinajstić information content (AvgIpc) is 2.74. The molecular weight excluding hydrogens is 257 g/mol. The molecule has 0 bridgehead atoms. The van der Waals surface area contributed by atoms with Gasteiger partial charge in [0.1, 0.15) is 23.0 Å². The second kappa shape index (κ2) is 5.61. The van der Waals surface area contributed by atoms with Gasteiger partial charge >= 0.3 is 0 Å². The first-order chi connectivity index (χ1) is 9.02. The molecule has 2 rings (SSSR count). The Hall–Kier alpha value is -1.56. The van der Waals surface area contributed by atoms with Crippen molar-refractivity contribution in [1.82, 2.24) is 5.32 Å². The maximum atomic E-state index is 13.4. The van der Waals surface area contributed by atoms with Crippen LogP contribution in [0, 0.1) is 23.4 Å². The van der Waals surface area contributed by atoms with E-state index in [1.54, 1.807) is 0 Å². The van der Waals surface area contributed by atoms with Crippen LogP contribution in [0.3, 0.4) is 0 Å². The molecule has 1 amide bonds. The minimum Gasteiger partial charge on any atom is -0.349 e. The third-order valence-electron chi connectivity index (χ3n) is 3.51. The Morgan fingerprint density at radius 1 is 1.26 bits per heavy atom. The lowest BCUT2D eigenvalue weighted by atomic mass is 10.0. The molecule has 19 heavy (non-hydrogen) atoms. The van der Waals surface area contributed by atoms with Crippen molar-refractivity contribution in [1.29, 1.82) is 0 Å². The summed E-state index contributed by atoms with van der Waals surface area (Å²) in [4.78, 5) is 11.9. The molecule has 1 aliphatic carbocycles. The number of nitrogens with one attached hydrogen (secondary N) is 1. The quantitative estimate of drug-likeness (QED) is 0.883. The molecule has 1 aromatic rings. The first-order valence-corrected chi connectivity index (χ1v) is 6.18. The lowest BCUT2D eigenvalue weighted by molar-refractivity contribution is 0.0920. The molecule has 2 atom stereocenters. The van der Waals surface area contributed by atoms with E-state index < -0.39 is 28.9 Å². The number of rotatable bonds is 3. The lowest BCUT2D eigenvalue weighted by Gasteiger charge is -2.19. The van der Waals surface area contributed by atoms with Crippen molar-refractivity contribution in [2.24, 2.45) is 11.7 Å². The summed E-state index contributed by atoms with van der Waals surface area (Å²) >= 11 is 0. The summed E-state index contributed by atoms with van der Waals surface area (Å²) in [5.41, 5.74) is 4.82. The van der Waals surface area contributed by atoms with Crippen LogP contribution in [-0.2, 0) is 0 Å². The molecular formula is C13H15F3N2O. The van der Waals surface area contributed by atoms with Gasteiger partial charge in [0, 0.05) is 18.2 Å². The van der Waals surface area contributed by atoms with Crippen LogP contribution in [0.4, 0.5) is 13.2 Å². The van der Waals surface area contributed by atoms with E-state index in [9.17, 15) is 18.0 Å². The normalized spacial score (nSPS) is 22.5. The van der Waals surface area contributed by atoms with Crippen LogP contribution >= 0.6 is 0 Å². The lowest BCUT2D eigenvalue weighted by Crippen LogP contribution is -2.40. The van der Waals surface area contributed by atoms with Gasteiger partial charge in [-0.2, -0.15) is 0 Å². The molecule has 0 aromatic heterocycles. The van der Waals surface area contributed by atoms with E-state index in [1.807, 2.05) is 0 Å². The Morgan fingerprint density at radius 3 is 2.47 bits per heavy atom. The van der Waals surface area contributed by atoms with Gasteiger partial charge in [-0.3, -0.25) is 4.79 Å². The van der Waals surface area contributed by atoms with Gasteiger partial charge in [-0.05, 0) is 25.3 Å². The zero-order valence-electron chi connectivity index (χ0n) is 10.3. The van der Waals surface area contributed by atoms with Crippen LogP contribution in [0.1, 0.15) is 29.6 Å². The van der Waals surface area contributed by atoms with Gasteiger partial charge in [0.05, 0.1) is 0 Å². The van der Waals surface area contributed by atoms with Crippen molar-refractivity contribution in [2.75, 3.05) is 6.54 Å². The topological polar surface area (TPSA) is 55.1 Å². The second-order valence-corrected chi connectivity index (χ2v) is 4.75. The number of carbonyl (C=O) groups excluding carboxylic acids is 1. The van der Waals surface area contributed by atoms with Gasteiger partial charge < -0.3 is 11.1 Å². The van der Waals surface area contributed by atoms with Crippen molar-refractivity contribution in [3.05, 3.63) is 35.1 Å². The third kappa shape index (κ3) is 2.89. The van der Waals surface area contributed by atoms with Crippen LogP contribution in [0.2, 0.25) is 0 Å². The Kier molecular flexibility index (Phi) is 4.09. The van der Waals surface area contributed by atoms with Crippen molar-refractivity contribution < 1.29 is 18.0 Å². The number of hydrogen-bond donors (Lipinski definition) is 2. The summed E-state index contributed by atoms with van der Waals surface area (Å²) in [5, 5.41) is 2.58. The summed E-state index contributed by atoms with van der Waals surface area (Å²) in [6.45, 7) is 0.416. The number of halogens is 3. The van der Waals surface area contributed by atoms with Crippen molar-refractivity contribution in [2.45, 2.75) is 25.3 Å². The molecule has 0 saturated heterocycles. The van der Waals surface area contributed by atoms with Crippen LogP contribution < -0.4 is 11.1 Å². The molecule has 3 N–H and O–H groups in total. The van der Waals surface area contributed by atoms with E-state index in [0.717, 1.165) is 19.3 Å². The van der Waals surface area contributed by atoms with Gasteiger partial charge in [-0.1, -0.05) is 6.42 Å². The van der Waals surface area contributed by atoms with Gasteiger partial charge in [0.25, 0.3) is 5.91 Å². The Balaban J connectivity index is 2.16. The van der Waals surface area contributed by atoms with Crippen molar-refractivity contribution >= 4 is 5.91 Å². The molecule has 6 heteroatoms. The molecule has 1 aromatic carbocycles. The van der Waals surface area contributed by atoms with E-state index in [4.69, 9.17) is 5.73 Å². The van der Waals surface area contributed by atoms with E-state index in [2.05, 4.69) is 5.32 Å². The summed E-state index contributed by atoms with van der Waals surface area (Å²) in [7, 11) is 0. The largest absolute Gasteiger partial charge is 0.349 e. The van der Waals surface area contributed by atoms with Crippen LogP contribution in [0.15, 0.2) is 12.1 Å². The molecule has 0 spiro atoms. The van der Waals surface area contributed by atoms with Gasteiger partial charge in [0.2, 0.25) is 0 Å². The molecule has 2 unspecified atom stereocenters. The SMILES string of the molecule is NCC1CCCC1NC(=O)c1c(F)cc(F)cc1F. The van der Waals surface area contributed by atoms with E-state index in [0.29, 0.717) is 18.7 Å². The molecule has 3 nitrogen and oxygen atoms in total. The number of hydrogen-bond acceptors (Lipinski definition) is 2. The fraction of sp³-hybridized carbons (Fsp3) is 0.462. The highest BCUT2D eigenvalue weighted by Gasteiger charge is 2.29.